The molecule has 0 spiro atoms. The van der Waals surface area contributed by atoms with Gasteiger partial charge in [-0.2, -0.15) is 0 Å². The third kappa shape index (κ3) is 5.18. The van der Waals surface area contributed by atoms with Crippen molar-refractivity contribution in [2.75, 3.05) is 6.61 Å². The maximum atomic E-state index is 12.9. The normalized spacial score (nSPS) is 13.5. The second-order valence-corrected chi connectivity index (χ2v) is 9.47. The quantitative estimate of drug-likeness (QED) is 0.470. The number of hydrogen-bond donors (Lipinski definition) is 3. The predicted molar refractivity (Wildman–Crippen MR) is 127 cm³/mol. The molecule has 3 aromatic rings. The van der Waals surface area contributed by atoms with Gasteiger partial charge in [-0.1, -0.05) is 74.5 Å². The van der Waals surface area contributed by atoms with E-state index >= 15 is 0 Å². The number of carboxylic acids is 1. The van der Waals surface area contributed by atoms with Crippen LogP contribution in [0.15, 0.2) is 59.1 Å². The van der Waals surface area contributed by atoms with E-state index in [1.807, 2.05) is 57.2 Å². The maximum Gasteiger partial charge on any atom is 0.407 e. The zero-order chi connectivity index (χ0) is 25.2. The van der Waals surface area contributed by atoms with Gasteiger partial charge >= 0.3 is 12.1 Å². The molecule has 1 heterocycles. The van der Waals surface area contributed by atoms with E-state index in [9.17, 15) is 14.4 Å². The molecular weight excluding hydrogens is 450 g/mol. The van der Waals surface area contributed by atoms with Crippen LogP contribution in [0.3, 0.4) is 0 Å². The van der Waals surface area contributed by atoms with Crippen LogP contribution in [0.2, 0.25) is 0 Å². The van der Waals surface area contributed by atoms with Gasteiger partial charge < -0.3 is 25.0 Å². The Hall–Kier alpha value is -4.14. The first-order valence-corrected chi connectivity index (χ1v) is 11.2. The van der Waals surface area contributed by atoms with Crippen LogP contribution in [0.25, 0.3) is 11.1 Å². The second kappa shape index (κ2) is 9.61. The molecule has 0 bridgehead atoms. The zero-order valence-electron chi connectivity index (χ0n) is 19.7. The van der Waals surface area contributed by atoms with Gasteiger partial charge in [0.2, 0.25) is 5.91 Å². The van der Waals surface area contributed by atoms with Crippen molar-refractivity contribution in [3.05, 3.63) is 77.2 Å². The number of aromatic nitrogens is 1. The van der Waals surface area contributed by atoms with Gasteiger partial charge in [-0.25, -0.2) is 9.59 Å². The van der Waals surface area contributed by atoms with Crippen molar-refractivity contribution < 1.29 is 28.8 Å². The predicted octanol–water partition coefficient (Wildman–Crippen LogP) is 3.94. The highest BCUT2D eigenvalue weighted by atomic mass is 16.5. The molecule has 1 aliphatic carbocycles. The Balaban J connectivity index is 1.39. The number of carboxylic acid groups (broad SMARTS) is 1. The highest BCUT2D eigenvalue weighted by molar-refractivity contribution is 5.87. The number of carbonyl (C=O) groups is 3. The number of carbonyl (C=O) groups excluding carboxylic acids is 2. The minimum atomic E-state index is -1.23. The lowest BCUT2D eigenvalue weighted by atomic mass is 9.86. The van der Waals surface area contributed by atoms with Crippen LogP contribution in [-0.4, -0.2) is 40.9 Å². The fourth-order valence-electron chi connectivity index (χ4n) is 4.21. The summed E-state index contributed by atoms with van der Waals surface area (Å²) >= 11 is 0. The molecular formula is C26H27N3O6. The Morgan fingerprint density at radius 2 is 1.66 bits per heavy atom. The summed E-state index contributed by atoms with van der Waals surface area (Å²) in [5.74, 6) is -1.59. The molecule has 2 aromatic carbocycles. The molecule has 4 rings (SSSR count). The third-order valence-electron chi connectivity index (χ3n) is 5.95. The minimum Gasteiger partial charge on any atom is -0.476 e. The molecule has 182 valence electrons. The molecule has 35 heavy (non-hydrogen) atoms. The fraction of sp³-hybridized carbons (Fsp3) is 0.308. The van der Waals surface area contributed by atoms with Crippen molar-refractivity contribution in [1.29, 1.82) is 0 Å². The fourth-order valence-corrected chi connectivity index (χ4v) is 4.21. The summed E-state index contributed by atoms with van der Waals surface area (Å²) < 4.78 is 10.5. The standard InChI is InChI=1S/C26H27N3O6/c1-26(2,3)22(23(30)27-13-15-12-21(24(31)32)29-35-15)28-25(33)34-14-20-18-10-6-4-8-16(18)17-9-5-7-11-19(17)20/h4-12,20,22H,13-14H2,1-3H3,(H,27,30)(H,28,33)(H,31,32)/t22-/m1/s1. The summed E-state index contributed by atoms with van der Waals surface area (Å²) in [6.07, 6.45) is -0.699. The van der Waals surface area contributed by atoms with Gasteiger partial charge in [0.05, 0.1) is 6.54 Å². The number of amides is 2. The van der Waals surface area contributed by atoms with Gasteiger partial charge in [-0.15, -0.1) is 0 Å². The number of aromatic carboxylic acids is 1. The Labute approximate surface area is 202 Å². The Bertz CT molecular complexity index is 1210. The lowest BCUT2D eigenvalue weighted by Crippen LogP contribution is -2.53. The number of ether oxygens (including phenoxy) is 1. The van der Waals surface area contributed by atoms with E-state index in [0.717, 1.165) is 22.3 Å². The molecule has 2 amide bonds. The summed E-state index contributed by atoms with van der Waals surface area (Å²) in [5, 5.41) is 17.7. The lowest BCUT2D eigenvalue weighted by molar-refractivity contribution is -0.125. The van der Waals surface area contributed by atoms with Crippen LogP contribution >= 0.6 is 0 Å². The number of nitrogens with zero attached hydrogens (tertiary/aromatic N) is 1. The Morgan fingerprint density at radius 1 is 1.06 bits per heavy atom. The van der Waals surface area contributed by atoms with Gasteiger partial charge in [-0.3, -0.25) is 4.79 Å². The first-order valence-electron chi connectivity index (χ1n) is 11.2. The average Bonchev–Trinajstić information content (AvgIpc) is 3.42. The maximum absolute atomic E-state index is 12.9. The summed E-state index contributed by atoms with van der Waals surface area (Å²) in [6.45, 7) is 5.51. The van der Waals surface area contributed by atoms with Gasteiger partial charge in [0.1, 0.15) is 12.6 Å². The van der Waals surface area contributed by atoms with Crippen LogP contribution in [-0.2, 0) is 16.1 Å². The SMILES string of the molecule is CC(C)(C)[C@H](NC(=O)OCC1c2ccccc2-c2ccccc21)C(=O)NCc1cc(C(=O)O)no1. The van der Waals surface area contributed by atoms with Crippen LogP contribution in [0.5, 0.6) is 0 Å². The molecule has 9 nitrogen and oxygen atoms in total. The molecule has 0 fully saturated rings. The molecule has 1 atom stereocenters. The van der Waals surface area contributed by atoms with Crippen LogP contribution in [0.1, 0.15) is 54.1 Å². The molecule has 9 heteroatoms. The highest BCUT2D eigenvalue weighted by Crippen LogP contribution is 2.44. The van der Waals surface area contributed by atoms with Gasteiger partial charge in [0, 0.05) is 12.0 Å². The molecule has 1 aromatic heterocycles. The first kappa shape index (κ1) is 24.0. The van der Waals surface area contributed by atoms with E-state index in [1.54, 1.807) is 0 Å². The van der Waals surface area contributed by atoms with Crippen LogP contribution in [0, 0.1) is 5.41 Å². The highest BCUT2D eigenvalue weighted by Gasteiger charge is 2.34. The van der Waals surface area contributed by atoms with E-state index in [1.165, 1.54) is 6.07 Å². The van der Waals surface area contributed by atoms with E-state index in [0.29, 0.717) is 0 Å². The topological polar surface area (TPSA) is 131 Å². The van der Waals surface area contributed by atoms with Crippen molar-refractivity contribution in [2.45, 2.75) is 39.3 Å². The van der Waals surface area contributed by atoms with Crippen molar-refractivity contribution >= 4 is 18.0 Å². The molecule has 0 saturated carbocycles. The number of fused-ring (bicyclic) bond motifs is 3. The number of hydrogen-bond acceptors (Lipinski definition) is 6. The monoisotopic (exact) mass is 477 g/mol. The van der Waals surface area contributed by atoms with Crippen LogP contribution in [0.4, 0.5) is 4.79 Å². The molecule has 0 radical (unpaired) electrons. The molecule has 1 aliphatic rings. The molecule has 0 saturated heterocycles. The first-order chi connectivity index (χ1) is 16.6. The summed E-state index contributed by atoms with van der Waals surface area (Å²) in [4.78, 5) is 36.5. The zero-order valence-corrected chi connectivity index (χ0v) is 19.7. The van der Waals surface area contributed by atoms with Gasteiger partial charge in [-0.05, 0) is 27.7 Å². The Morgan fingerprint density at radius 3 is 2.20 bits per heavy atom. The van der Waals surface area contributed by atoms with Crippen molar-refractivity contribution in [3.8, 4) is 11.1 Å². The van der Waals surface area contributed by atoms with E-state index in [-0.39, 0.29) is 30.5 Å². The summed E-state index contributed by atoms with van der Waals surface area (Å²) in [7, 11) is 0. The second-order valence-electron chi connectivity index (χ2n) is 9.47. The third-order valence-corrected chi connectivity index (χ3v) is 5.95. The average molecular weight is 478 g/mol. The van der Waals surface area contributed by atoms with E-state index < -0.39 is 29.4 Å². The number of rotatable bonds is 7. The smallest absolute Gasteiger partial charge is 0.407 e. The van der Waals surface area contributed by atoms with Crippen LogP contribution < -0.4 is 10.6 Å². The molecule has 0 aliphatic heterocycles. The van der Waals surface area contributed by atoms with Gasteiger partial charge in [0.25, 0.3) is 0 Å². The van der Waals surface area contributed by atoms with Crippen molar-refractivity contribution in [3.63, 3.8) is 0 Å². The summed E-state index contributed by atoms with van der Waals surface area (Å²) in [6, 6.07) is 16.4. The molecule has 0 unspecified atom stereocenters. The number of nitrogens with one attached hydrogen (secondary N) is 2. The van der Waals surface area contributed by atoms with Crippen molar-refractivity contribution in [2.24, 2.45) is 5.41 Å². The molecule has 3 N–H and O–H groups in total. The van der Waals surface area contributed by atoms with Crippen molar-refractivity contribution in [1.82, 2.24) is 15.8 Å². The van der Waals surface area contributed by atoms with Gasteiger partial charge in [0.15, 0.2) is 11.5 Å². The minimum absolute atomic E-state index is 0.0714. The van der Waals surface area contributed by atoms with E-state index in [2.05, 4.69) is 27.9 Å². The largest absolute Gasteiger partial charge is 0.476 e. The summed E-state index contributed by atoms with van der Waals surface area (Å²) in [5.41, 5.74) is 3.57. The lowest BCUT2D eigenvalue weighted by Gasteiger charge is -2.30. The Kier molecular flexibility index (Phi) is 6.59. The number of alkyl carbamates (subject to hydrolysis) is 1. The van der Waals surface area contributed by atoms with E-state index in [4.69, 9.17) is 14.4 Å². The number of benzene rings is 2.